The molecule has 0 N–H and O–H groups in total. The Morgan fingerprint density at radius 1 is 1.22 bits per heavy atom. The van der Waals surface area contributed by atoms with E-state index < -0.39 is 0 Å². The number of nitriles is 1. The Morgan fingerprint density at radius 3 is 2.61 bits per heavy atom. The maximum Gasteiger partial charge on any atom is 0.125 e. The predicted molar refractivity (Wildman–Crippen MR) is 73.3 cm³/mol. The summed E-state index contributed by atoms with van der Waals surface area (Å²) in [7, 11) is 1.80. The molecule has 0 aromatic heterocycles. The van der Waals surface area contributed by atoms with Crippen LogP contribution in [-0.2, 0) is 0 Å². The first kappa shape index (κ1) is 12.6. The molecule has 0 aliphatic carbocycles. The summed E-state index contributed by atoms with van der Waals surface area (Å²) in [5, 5.41) is 9.17. The third kappa shape index (κ3) is 2.36. The first-order valence-corrected chi connectivity index (χ1v) is 6.10. The van der Waals surface area contributed by atoms with Crippen molar-refractivity contribution in [1.82, 2.24) is 0 Å². The van der Waals surface area contributed by atoms with Crippen molar-refractivity contribution < 1.29 is 4.39 Å². The summed E-state index contributed by atoms with van der Waals surface area (Å²) >= 11 is 3.34. The SMILES string of the molecule is CN(c1cccc(F)c1)c1cccc(Br)c1C#N. The largest absolute Gasteiger partial charge is 0.343 e. The predicted octanol–water partition coefficient (Wildman–Crippen LogP) is 4.23. The molecule has 90 valence electrons. The van der Waals surface area contributed by atoms with E-state index in [-0.39, 0.29) is 5.82 Å². The van der Waals surface area contributed by atoms with E-state index in [0.29, 0.717) is 11.3 Å². The minimum Gasteiger partial charge on any atom is -0.343 e. The quantitative estimate of drug-likeness (QED) is 0.830. The molecule has 0 spiro atoms. The number of halogens is 2. The molecule has 2 aromatic carbocycles. The summed E-state index contributed by atoms with van der Waals surface area (Å²) in [6.07, 6.45) is 0. The molecule has 0 atom stereocenters. The van der Waals surface area contributed by atoms with E-state index in [1.54, 1.807) is 24.1 Å². The molecule has 0 fully saturated rings. The molecule has 2 aromatic rings. The van der Waals surface area contributed by atoms with Gasteiger partial charge in [-0.3, -0.25) is 0 Å². The van der Waals surface area contributed by atoms with E-state index in [2.05, 4.69) is 22.0 Å². The summed E-state index contributed by atoms with van der Waals surface area (Å²) in [4.78, 5) is 1.78. The molecule has 0 saturated heterocycles. The molecule has 0 aliphatic heterocycles. The first-order chi connectivity index (χ1) is 8.63. The highest BCUT2D eigenvalue weighted by Gasteiger charge is 2.11. The zero-order valence-corrected chi connectivity index (χ0v) is 11.3. The van der Waals surface area contributed by atoms with Crippen LogP contribution in [-0.4, -0.2) is 7.05 Å². The summed E-state index contributed by atoms with van der Waals surface area (Å²) in [5.41, 5.74) is 1.96. The summed E-state index contributed by atoms with van der Waals surface area (Å²) in [5.74, 6) is -0.298. The van der Waals surface area contributed by atoms with Crippen LogP contribution >= 0.6 is 15.9 Å². The zero-order chi connectivity index (χ0) is 13.1. The van der Waals surface area contributed by atoms with E-state index in [1.165, 1.54) is 12.1 Å². The molecule has 2 rings (SSSR count). The molecule has 0 heterocycles. The van der Waals surface area contributed by atoms with Gasteiger partial charge in [0.1, 0.15) is 11.9 Å². The van der Waals surface area contributed by atoms with Gasteiger partial charge in [0.15, 0.2) is 0 Å². The fraction of sp³-hybridized carbons (Fsp3) is 0.0714. The Kier molecular flexibility index (Phi) is 3.63. The molecule has 4 heteroatoms. The normalized spacial score (nSPS) is 9.89. The highest BCUT2D eigenvalue weighted by atomic mass is 79.9. The molecular formula is C14H10BrFN2. The van der Waals surface area contributed by atoms with Crippen LogP contribution in [0.25, 0.3) is 0 Å². The zero-order valence-electron chi connectivity index (χ0n) is 9.69. The lowest BCUT2D eigenvalue weighted by Gasteiger charge is -2.21. The van der Waals surface area contributed by atoms with Crippen LogP contribution in [0.4, 0.5) is 15.8 Å². The summed E-state index contributed by atoms with van der Waals surface area (Å²) in [6, 6.07) is 13.9. The minimum absolute atomic E-state index is 0.298. The Balaban J connectivity index is 2.50. The van der Waals surface area contributed by atoms with Gasteiger partial charge < -0.3 is 4.90 Å². The average molecular weight is 305 g/mol. The Bertz CT molecular complexity index is 619. The third-order valence-corrected chi connectivity index (χ3v) is 3.32. The molecule has 0 saturated carbocycles. The molecule has 0 radical (unpaired) electrons. The van der Waals surface area contributed by atoms with Crippen LogP contribution in [0.3, 0.4) is 0 Å². The smallest absolute Gasteiger partial charge is 0.125 e. The van der Waals surface area contributed by atoms with Crippen molar-refractivity contribution in [3.8, 4) is 6.07 Å². The first-order valence-electron chi connectivity index (χ1n) is 5.31. The molecular weight excluding hydrogens is 295 g/mol. The average Bonchev–Trinajstić information content (AvgIpc) is 2.37. The second-order valence-electron chi connectivity index (χ2n) is 3.78. The second-order valence-corrected chi connectivity index (χ2v) is 4.64. The van der Waals surface area contributed by atoms with Crippen LogP contribution in [0.5, 0.6) is 0 Å². The van der Waals surface area contributed by atoms with Crippen molar-refractivity contribution in [3.05, 3.63) is 58.3 Å². The fourth-order valence-electron chi connectivity index (χ4n) is 1.73. The van der Waals surface area contributed by atoms with Gasteiger partial charge in [0.05, 0.1) is 11.3 Å². The number of nitrogens with zero attached hydrogens (tertiary/aromatic N) is 2. The van der Waals surface area contributed by atoms with Gasteiger partial charge >= 0.3 is 0 Å². The van der Waals surface area contributed by atoms with Crippen LogP contribution in [0.2, 0.25) is 0 Å². The van der Waals surface area contributed by atoms with Crippen LogP contribution < -0.4 is 4.90 Å². The van der Waals surface area contributed by atoms with Crippen molar-refractivity contribution in [1.29, 1.82) is 5.26 Å². The van der Waals surface area contributed by atoms with Gasteiger partial charge in [-0.2, -0.15) is 5.26 Å². The van der Waals surface area contributed by atoms with Crippen molar-refractivity contribution in [2.45, 2.75) is 0 Å². The Morgan fingerprint density at radius 2 is 1.94 bits per heavy atom. The van der Waals surface area contributed by atoms with Crippen LogP contribution in [0, 0.1) is 17.1 Å². The van der Waals surface area contributed by atoms with Crippen molar-refractivity contribution >= 4 is 27.3 Å². The van der Waals surface area contributed by atoms with Gasteiger partial charge in [0.2, 0.25) is 0 Å². The lowest BCUT2D eigenvalue weighted by Crippen LogP contribution is -2.11. The molecule has 2 nitrogen and oxygen atoms in total. The van der Waals surface area contributed by atoms with Gasteiger partial charge in [-0.05, 0) is 46.3 Å². The van der Waals surface area contributed by atoms with Gasteiger partial charge in [-0.15, -0.1) is 0 Å². The van der Waals surface area contributed by atoms with Crippen LogP contribution in [0.15, 0.2) is 46.9 Å². The van der Waals surface area contributed by atoms with Crippen molar-refractivity contribution in [2.24, 2.45) is 0 Å². The van der Waals surface area contributed by atoms with Crippen LogP contribution in [0.1, 0.15) is 5.56 Å². The Labute approximate surface area is 113 Å². The van der Waals surface area contributed by atoms with E-state index in [9.17, 15) is 4.39 Å². The lowest BCUT2D eigenvalue weighted by atomic mass is 10.1. The van der Waals surface area contributed by atoms with Crippen molar-refractivity contribution in [2.75, 3.05) is 11.9 Å². The van der Waals surface area contributed by atoms with Gasteiger partial charge in [-0.25, -0.2) is 4.39 Å². The van der Waals surface area contributed by atoms with Crippen molar-refractivity contribution in [3.63, 3.8) is 0 Å². The lowest BCUT2D eigenvalue weighted by molar-refractivity contribution is 0.628. The highest BCUT2D eigenvalue weighted by molar-refractivity contribution is 9.10. The second kappa shape index (κ2) is 5.19. The molecule has 0 bridgehead atoms. The monoisotopic (exact) mass is 304 g/mol. The number of hydrogen-bond acceptors (Lipinski definition) is 2. The van der Waals surface area contributed by atoms with E-state index in [0.717, 1.165) is 10.2 Å². The van der Waals surface area contributed by atoms with Gasteiger partial charge in [0, 0.05) is 17.2 Å². The Hall–Kier alpha value is -1.86. The number of rotatable bonds is 2. The van der Waals surface area contributed by atoms with E-state index >= 15 is 0 Å². The van der Waals surface area contributed by atoms with Gasteiger partial charge in [0.25, 0.3) is 0 Å². The topological polar surface area (TPSA) is 27.0 Å². The highest BCUT2D eigenvalue weighted by Crippen LogP contribution is 2.31. The number of benzene rings is 2. The fourth-order valence-corrected chi connectivity index (χ4v) is 2.17. The van der Waals surface area contributed by atoms with E-state index in [4.69, 9.17) is 5.26 Å². The third-order valence-electron chi connectivity index (χ3n) is 2.66. The minimum atomic E-state index is -0.298. The maximum absolute atomic E-state index is 13.2. The van der Waals surface area contributed by atoms with E-state index in [1.807, 2.05) is 18.2 Å². The summed E-state index contributed by atoms with van der Waals surface area (Å²) < 4.78 is 13.9. The number of anilines is 2. The maximum atomic E-state index is 13.2. The molecule has 0 aliphatic rings. The summed E-state index contributed by atoms with van der Waals surface area (Å²) in [6.45, 7) is 0. The molecule has 0 unspecified atom stereocenters. The molecule has 0 amide bonds. The van der Waals surface area contributed by atoms with Gasteiger partial charge in [-0.1, -0.05) is 12.1 Å². The number of hydrogen-bond donors (Lipinski definition) is 0. The molecule has 18 heavy (non-hydrogen) atoms. The standard InChI is InChI=1S/C14H10BrFN2/c1-18(11-5-2-4-10(16)8-11)14-7-3-6-13(15)12(14)9-17/h2-8H,1H3.